The van der Waals surface area contributed by atoms with Crippen molar-refractivity contribution in [1.29, 1.82) is 0 Å². The molecule has 0 bridgehead atoms. The van der Waals surface area contributed by atoms with E-state index in [-0.39, 0.29) is 18.1 Å². The fourth-order valence-electron chi connectivity index (χ4n) is 3.10. The standard InChI is InChI=1S/C18H22N2O2/c1-20-9-5-8-17(20)18(22)19-16(14-11-15(21)12-14)10-13-6-3-2-4-7-13/h2-9,14-16,21H,10-12H2,1H3,(H,19,22)/t14?,15?,16-/m1/s1. The molecule has 1 aromatic carbocycles. The molecule has 1 aliphatic carbocycles. The van der Waals surface area contributed by atoms with Crippen LogP contribution < -0.4 is 5.32 Å². The minimum absolute atomic E-state index is 0.0465. The highest BCUT2D eigenvalue weighted by Crippen LogP contribution is 2.31. The molecule has 4 heteroatoms. The van der Waals surface area contributed by atoms with Gasteiger partial charge in [0, 0.05) is 19.3 Å². The van der Waals surface area contributed by atoms with Crippen molar-refractivity contribution in [1.82, 2.24) is 9.88 Å². The second-order valence-electron chi connectivity index (χ2n) is 6.16. The molecule has 0 saturated heterocycles. The van der Waals surface area contributed by atoms with Crippen molar-refractivity contribution in [3.63, 3.8) is 0 Å². The molecule has 22 heavy (non-hydrogen) atoms. The van der Waals surface area contributed by atoms with Crippen molar-refractivity contribution < 1.29 is 9.90 Å². The fraction of sp³-hybridized carbons (Fsp3) is 0.389. The van der Waals surface area contributed by atoms with Crippen LogP contribution in [0.1, 0.15) is 28.9 Å². The number of hydrogen-bond donors (Lipinski definition) is 2. The van der Waals surface area contributed by atoms with E-state index in [0.29, 0.717) is 11.6 Å². The first-order chi connectivity index (χ1) is 10.6. The maximum Gasteiger partial charge on any atom is 0.268 e. The molecule has 4 nitrogen and oxygen atoms in total. The molecule has 0 aliphatic heterocycles. The van der Waals surface area contributed by atoms with Gasteiger partial charge in [-0.3, -0.25) is 4.79 Å². The minimum Gasteiger partial charge on any atom is -0.393 e. The molecular weight excluding hydrogens is 276 g/mol. The molecule has 0 unspecified atom stereocenters. The molecular formula is C18H22N2O2. The second kappa shape index (κ2) is 6.36. The van der Waals surface area contributed by atoms with Gasteiger partial charge in [0.05, 0.1) is 6.10 Å². The monoisotopic (exact) mass is 298 g/mol. The fourth-order valence-corrected chi connectivity index (χ4v) is 3.10. The van der Waals surface area contributed by atoms with E-state index in [1.807, 2.05) is 48.1 Å². The molecule has 1 fully saturated rings. The van der Waals surface area contributed by atoms with E-state index >= 15 is 0 Å². The number of amides is 1. The van der Waals surface area contributed by atoms with E-state index in [0.717, 1.165) is 19.3 Å². The summed E-state index contributed by atoms with van der Waals surface area (Å²) < 4.78 is 1.82. The third kappa shape index (κ3) is 3.22. The number of aliphatic hydroxyl groups is 1. The van der Waals surface area contributed by atoms with Crippen LogP contribution in [0, 0.1) is 5.92 Å². The van der Waals surface area contributed by atoms with Gasteiger partial charge in [0.25, 0.3) is 5.91 Å². The Kier molecular flexibility index (Phi) is 4.29. The average Bonchev–Trinajstić information content (AvgIpc) is 2.91. The van der Waals surface area contributed by atoms with Crippen molar-refractivity contribution in [2.45, 2.75) is 31.4 Å². The van der Waals surface area contributed by atoms with Crippen LogP contribution in [0.25, 0.3) is 0 Å². The molecule has 1 heterocycles. The Morgan fingerprint density at radius 1 is 1.27 bits per heavy atom. The number of aliphatic hydroxyl groups excluding tert-OH is 1. The highest BCUT2D eigenvalue weighted by Gasteiger charge is 2.35. The molecule has 1 saturated carbocycles. The van der Waals surface area contributed by atoms with Gasteiger partial charge in [-0.1, -0.05) is 30.3 Å². The lowest BCUT2D eigenvalue weighted by Gasteiger charge is -2.38. The molecule has 1 aliphatic rings. The lowest BCUT2D eigenvalue weighted by molar-refractivity contribution is 0.0238. The van der Waals surface area contributed by atoms with Gasteiger partial charge in [-0.15, -0.1) is 0 Å². The van der Waals surface area contributed by atoms with Crippen molar-refractivity contribution >= 4 is 5.91 Å². The third-order valence-corrected chi connectivity index (χ3v) is 4.51. The Balaban J connectivity index is 1.71. The summed E-state index contributed by atoms with van der Waals surface area (Å²) in [6, 6.07) is 13.9. The van der Waals surface area contributed by atoms with Gasteiger partial charge >= 0.3 is 0 Å². The van der Waals surface area contributed by atoms with E-state index in [2.05, 4.69) is 17.4 Å². The number of rotatable bonds is 5. The topological polar surface area (TPSA) is 54.3 Å². The van der Waals surface area contributed by atoms with Crippen molar-refractivity contribution in [2.75, 3.05) is 0 Å². The van der Waals surface area contributed by atoms with Crippen LogP contribution in [0.3, 0.4) is 0 Å². The van der Waals surface area contributed by atoms with Gasteiger partial charge in [-0.25, -0.2) is 0 Å². The Morgan fingerprint density at radius 2 is 2.00 bits per heavy atom. The normalized spacial score (nSPS) is 21.9. The van der Waals surface area contributed by atoms with Crippen LogP contribution >= 0.6 is 0 Å². The number of nitrogens with zero attached hydrogens (tertiary/aromatic N) is 1. The lowest BCUT2D eigenvalue weighted by Crippen LogP contribution is -2.48. The summed E-state index contributed by atoms with van der Waals surface area (Å²) in [5.74, 6) is 0.300. The lowest BCUT2D eigenvalue weighted by atomic mass is 9.75. The van der Waals surface area contributed by atoms with Gasteiger partial charge < -0.3 is 15.0 Å². The molecule has 116 valence electrons. The molecule has 1 aromatic heterocycles. The number of nitrogens with one attached hydrogen (secondary N) is 1. The number of aromatic nitrogens is 1. The number of hydrogen-bond acceptors (Lipinski definition) is 2. The van der Waals surface area contributed by atoms with E-state index < -0.39 is 0 Å². The Labute approximate surface area is 130 Å². The van der Waals surface area contributed by atoms with Crippen molar-refractivity contribution in [2.24, 2.45) is 13.0 Å². The van der Waals surface area contributed by atoms with Gasteiger partial charge in [0.15, 0.2) is 0 Å². The van der Waals surface area contributed by atoms with Crippen molar-refractivity contribution in [3.05, 3.63) is 59.9 Å². The Morgan fingerprint density at radius 3 is 2.59 bits per heavy atom. The average molecular weight is 298 g/mol. The third-order valence-electron chi connectivity index (χ3n) is 4.51. The van der Waals surface area contributed by atoms with Crippen LogP contribution in [0.5, 0.6) is 0 Å². The quantitative estimate of drug-likeness (QED) is 0.888. The van der Waals surface area contributed by atoms with Crippen LogP contribution in [-0.2, 0) is 13.5 Å². The van der Waals surface area contributed by atoms with Crippen LogP contribution in [0.4, 0.5) is 0 Å². The number of benzene rings is 1. The second-order valence-corrected chi connectivity index (χ2v) is 6.16. The molecule has 2 N–H and O–H groups in total. The van der Waals surface area contributed by atoms with Gasteiger partial charge in [-0.05, 0) is 42.9 Å². The smallest absolute Gasteiger partial charge is 0.268 e. The first kappa shape index (κ1) is 14.9. The first-order valence-electron chi connectivity index (χ1n) is 7.77. The largest absolute Gasteiger partial charge is 0.393 e. The molecule has 0 radical (unpaired) electrons. The van der Waals surface area contributed by atoms with Crippen LogP contribution in [0.2, 0.25) is 0 Å². The zero-order valence-corrected chi connectivity index (χ0v) is 12.8. The summed E-state index contributed by atoms with van der Waals surface area (Å²) in [5.41, 5.74) is 1.87. The maximum absolute atomic E-state index is 12.5. The van der Waals surface area contributed by atoms with E-state index in [4.69, 9.17) is 0 Å². The molecule has 0 spiro atoms. The molecule has 1 amide bonds. The van der Waals surface area contributed by atoms with Crippen LogP contribution in [0.15, 0.2) is 48.7 Å². The number of carbonyl (C=O) groups is 1. The molecule has 3 rings (SSSR count). The highest BCUT2D eigenvalue weighted by atomic mass is 16.3. The number of aryl methyl sites for hydroxylation is 1. The van der Waals surface area contributed by atoms with E-state index in [1.165, 1.54) is 5.56 Å². The summed E-state index contributed by atoms with van der Waals surface area (Å²) in [7, 11) is 1.87. The SMILES string of the molecule is Cn1cccc1C(=O)N[C@H](Cc1ccccc1)C1CC(O)C1. The van der Waals surface area contributed by atoms with E-state index in [1.54, 1.807) is 0 Å². The van der Waals surface area contributed by atoms with Crippen molar-refractivity contribution in [3.8, 4) is 0 Å². The Bertz CT molecular complexity index is 630. The summed E-state index contributed by atoms with van der Waals surface area (Å²) in [6.45, 7) is 0. The highest BCUT2D eigenvalue weighted by molar-refractivity contribution is 5.92. The van der Waals surface area contributed by atoms with E-state index in [9.17, 15) is 9.90 Å². The summed E-state index contributed by atoms with van der Waals surface area (Å²) in [4.78, 5) is 12.5. The maximum atomic E-state index is 12.5. The molecule has 2 aromatic rings. The minimum atomic E-state index is -0.213. The zero-order valence-electron chi connectivity index (χ0n) is 12.8. The summed E-state index contributed by atoms with van der Waals surface area (Å²) in [5, 5.41) is 12.7. The first-order valence-corrected chi connectivity index (χ1v) is 7.77. The Hall–Kier alpha value is -2.07. The predicted molar refractivity (Wildman–Crippen MR) is 85.5 cm³/mol. The number of carbonyl (C=O) groups excluding carboxylic acids is 1. The molecule has 1 atom stereocenters. The van der Waals surface area contributed by atoms with Gasteiger partial charge in [0.2, 0.25) is 0 Å². The predicted octanol–water partition coefficient (Wildman–Crippen LogP) is 2.14. The van der Waals surface area contributed by atoms with Gasteiger partial charge in [0.1, 0.15) is 5.69 Å². The summed E-state index contributed by atoms with van der Waals surface area (Å²) >= 11 is 0. The zero-order chi connectivity index (χ0) is 15.5. The van der Waals surface area contributed by atoms with Crippen LogP contribution in [-0.4, -0.2) is 27.7 Å². The summed E-state index contributed by atoms with van der Waals surface area (Å²) in [6.07, 6.45) is 3.99. The van der Waals surface area contributed by atoms with Gasteiger partial charge in [-0.2, -0.15) is 0 Å².